The molecule has 0 N–H and O–H groups in total. The van der Waals surface area contributed by atoms with E-state index in [4.69, 9.17) is 23.2 Å². The first-order valence-electron chi connectivity index (χ1n) is 6.13. The molecule has 0 bridgehead atoms. The third-order valence-corrected chi connectivity index (χ3v) is 3.86. The van der Waals surface area contributed by atoms with Crippen molar-refractivity contribution in [2.45, 2.75) is 57.8 Å². The Bertz CT molecular complexity index is 395. The summed E-state index contributed by atoms with van der Waals surface area (Å²) in [6.07, 6.45) is 4.80. The Morgan fingerprint density at radius 3 is 1.88 bits per heavy atom. The first-order valence-corrected chi connectivity index (χ1v) is 6.88. The van der Waals surface area contributed by atoms with Crippen LogP contribution in [0.1, 0.15) is 63.8 Å². The maximum atomic E-state index is 6.29. The quantitative estimate of drug-likeness (QED) is 0.691. The second-order valence-electron chi connectivity index (χ2n) is 5.77. The molecule has 1 saturated carbocycles. The van der Waals surface area contributed by atoms with Gasteiger partial charge in [0.15, 0.2) is 0 Å². The summed E-state index contributed by atoms with van der Waals surface area (Å²) in [5, 5.41) is 1.09. The van der Waals surface area contributed by atoms with Crippen LogP contribution in [0.4, 0.5) is 0 Å². The van der Waals surface area contributed by atoms with Gasteiger partial charge in [-0.25, -0.2) is 9.97 Å². The van der Waals surface area contributed by atoms with E-state index in [1.54, 1.807) is 0 Å². The maximum Gasteiger partial charge on any atom is 0.137 e. The molecule has 0 unspecified atom stereocenters. The fraction of sp³-hybridized carbons (Fsp3) is 0.692. The Hall–Kier alpha value is -0.340. The van der Waals surface area contributed by atoms with Gasteiger partial charge in [-0.2, -0.15) is 0 Å². The molecular weight excluding hydrogens is 255 g/mol. The summed E-state index contributed by atoms with van der Waals surface area (Å²) in [4.78, 5) is 8.84. The van der Waals surface area contributed by atoms with Crippen molar-refractivity contribution in [2.24, 2.45) is 0 Å². The zero-order valence-corrected chi connectivity index (χ0v) is 12.1. The highest BCUT2D eigenvalue weighted by atomic mass is 35.5. The van der Waals surface area contributed by atoms with Gasteiger partial charge in [0.05, 0.1) is 0 Å². The van der Waals surface area contributed by atoms with Crippen molar-refractivity contribution in [3.63, 3.8) is 0 Å². The zero-order valence-electron chi connectivity index (χ0n) is 10.6. The summed E-state index contributed by atoms with van der Waals surface area (Å²) in [5.41, 5.74) is 0.834. The molecule has 1 aromatic rings. The van der Waals surface area contributed by atoms with Gasteiger partial charge in [0.25, 0.3) is 0 Å². The molecule has 2 rings (SSSR count). The smallest absolute Gasteiger partial charge is 0.137 e. The Morgan fingerprint density at radius 1 is 1.00 bits per heavy atom. The predicted octanol–water partition coefficient (Wildman–Crippen LogP) is 4.74. The lowest BCUT2D eigenvalue weighted by Crippen LogP contribution is -2.17. The van der Waals surface area contributed by atoms with Crippen LogP contribution in [-0.2, 0) is 5.41 Å². The summed E-state index contributed by atoms with van der Waals surface area (Å²) < 4.78 is 0. The average Bonchev–Trinajstić information content (AvgIpc) is 2.68. The predicted molar refractivity (Wildman–Crippen MR) is 72.0 cm³/mol. The Labute approximate surface area is 113 Å². The Kier molecular flexibility index (Phi) is 3.65. The third-order valence-electron chi connectivity index (χ3n) is 3.29. The summed E-state index contributed by atoms with van der Waals surface area (Å²) >= 11 is 12.6. The molecule has 1 aliphatic carbocycles. The molecule has 1 aromatic heterocycles. The molecule has 1 heterocycles. The largest absolute Gasteiger partial charge is 0.220 e. The molecule has 0 saturated heterocycles. The van der Waals surface area contributed by atoms with Gasteiger partial charge in [-0.05, 0) is 18.8 Å². The normalized spacial score (nSPS) is 17.7. The average molecular weight is 273 g/mol. The number of halogens is 2. The van der Waals surface area contributed by atoms with Gasteiger partial charge in [-0.1, -0.05) is 56.8 Å². The highest BCUT2D eigenvalue weighted by molar-refractivity contribution is 6.34. The van der Waals surface area contributed by atoms with Crippen LogP contribution in [0.25, 0.3) is 0 Å². The summed E-state index contributed by atoms with van der Waals surface area (Å²) in [7, 11) is 0. The van der Waals surface area contributed by atoms with Gasteiger partial charge >= 0.3 is 0 Å². The Balaban J connectivity index is 2.42. The molecule has 1 aliphatic rings. The second kappa shape index (κ2) is 4.74. The van der Waals surface area contributed by atoms with E-state index in [-0.39, 0.29) is 5.41 Å². The number of hydrogen-bond donors (Lipinski definition) is 0. The van der Waals surface area contributed by atoms with Crippen molar-refractivity contribution >= 4 is 23.2 Å². The Morgan fingerprint density at radius 2 is 1.47 bits per heavy atom. The molecule has 0 aromatic carbocycles. The number of hydrogen-bond acceptors (Lipinski definition) is 2. The molecule has 0 aliphatic heterocycles. The van der Waals surface area contributed by atoms with E-state index in [1.807, 2.05) is 0 Å². The van der Waals surface area contributed by atoms with Crippen LogP contribution in [0.15, 0.2) is 0 Å². The van der Waals surface area contributed by atoms with E-state index < -0.39 is 0 Å². The minimum atomic E-state index is -0.124. The van der Waals surface area contributed by atoms with Crippen molar-refractivity contribution in [2.75, 3.05) is 0 Å². The number of aromatic nitrogens is 2. The fourth-order valence-electron chi connectivity index (χ4n) is 2.30. The summed E-state index contributed by atoms with van der Waals surface area (Å²) in [6.45, 7) is 6.18. The first-order chi connectivity index (χ1) is 7.89. The summed E-state index contributed by atoms with van der Waals surface area (Å²) in [6, 6.07) is 0. The fourth-order valence-corrected chi connectivity index (χ4v) is 3.00. The van der Waals surface area contributed by atoms with Gasteiger partial charge < -0.3 is 0 Å². The van der Waals surface area contributed by atoms with Crippen LogP contribution in [0.2, 0.25) is 10.3 Å². The molecule has 0 spiro atoms. The van der Waals surface area contributed by atoms with Gasteiger partial charge in [-0.15, -0.1) is 0 Å². The van der Waals surface area contributed by atoms with Crippen molar-refractivity contribution < 1.29 is 0 Å². The minimum absolute atomic E-state index is 0.124. The number of nitrogens with zero attached hydrogens (tertiary/aromatic N) is 2. The van der Waals surface area contributed by atoms with Gasteiger partial charge in [0.1, 0.15) is 16.1 Å². The number of rotatable bonds is 1. The lowest BCUT2D eigenvalue weighted by atomic mass is 9.95. The molecule has 1 fully saturated rings. The maximum absolute atomic E-state index is 6.29. The SMILES string of the molecule is CC(C)(C)c1nc(Cl)c(C2CCCC2)c(Cl)n1. The molecule has 4 heteroatoms. The van der Waals surface area contributed by atoms with Gasteiger partial charge in [0.2, 0.25) is 0 Å². The van der Waals surface area contributed by atoms with Gasteiger partial charge in [0, 0.05) is 11.0 Å². The minimum Gasteiger partial charge on any atom is -0.220 e. The lowest BCUT2D eigenvalue weighted by molar-refractivity contribution is 0.542. The lowest BCUT2D eigenvalue weighted by Gasteiger charge is -2.20. The molecule has 0 radical (unpaired) electrons. The van der Waals surface area contributed by atoms with E-state index in [1.165, 1.54) is 12.8 Å². The second-order valence-corrected chi connectivity index (χ2v) is 6.49. The van der Waals surface area contributed by atoms with Crippen LogP contribution < -0.4 is 0 Å². The molecule has 94 valence electrons. The highest BCUT2D eigenvalue weighted by Crippen LogP contribution is 2.40. The van der Waals surface area contributed by atoms with Gasteiger partial charge in [-0.3, -0.25) is 0 Å². The third kappa shape index (κ3) is 2.74. The van der Waals surface area contributed by atoms with Crippen LogP contribution >= 0.6 is 23.2 Å². The van der Waals surface area contributed by atoms with Crippen LogP contribution in [-0.4, -0.2) is 9.97 Å². The topological polar surface area (TPSA) is 25.8 Å². The molecule has 2 nitrogen and oxygen atoms in total. The van der Waals surface area contributed by atoms with E-state index in [0.717, 1.165) is 18.4 Å². The van der Waals surface area contributed by atoms with E-state index in [0.29, 0.717) is 22.0 Å². The van der Waals surface area contributed by atoms with Crippen molar-refractivity contribution in [1.29, 1.82) is 0 Å². The highest BCUT2D eigenvalue weighted by Gasteiger charge is 2.27. The first kappa shape index (κ1) is 13.1. The standard InChI is InChI=1S/C13H18Cl2N2/c1-13(2,3)12-16-10(14)9(11(15)17-12)8-6-4-5-7-8/h8H,4-7H2,1-3H3. The van der Waals surface area contributed by atoms with Crippen molar-refractivity contribution in [3.8, 4) is 0 Å². The van der Waals surface area contributed by atoms with E-state index in [9.17, 15) is 0 Å². The molecule has 0 amide bonds. The molecule has 17 heavy (non-hydrogen) atoms. The van der Waals surface area contributed by atoms with Crippen LogP contribution in [0, 0.1) is 0 Å². The van der Waals surface area contributed by atoms with Crippen LogP contribution in [0.3, 0.4) is 0 Å². The van der Waals surface area contributed by atoms with E-state index in [2.05, 4.69) is 30.7 Å². The van der Waals surface area contributed by atoms with Crippen molar-refractivity contribution in [1.82, 2.24) is 9.97 Å². The van der Waals surface area contributed by atoms with Crippen molar-refractivity contribution in [3.05, 3.63) is 21.7 Å². The van der Waals surface area contributed by atoms with Crippen LogP contribution in [0.5, 0.6) is 0 Å². The molecular formula is C13H18Cl2N2. The van der Waals surface area contributed by atoms with E-state index >= 15 is 0 Å². The monoisotopic (exact) mass is 272 g/mol. The zero-order chi connectivity index (χ0) is 12.6. The summed E-state index contributed by atoms with van der Waals surface area (Å²) in [5.74, 6) is 1.17. The molecule has 0 atom stereocenters.